The molecule has 0 radical (unpaired) electrons. The van der Waals surface area contributed by atoms with Gasteiger partial charge >= 0.3 is 0 Å². The molecular formula is C24H33IN4S. The number of fused-ring (bicyclic) bond motifs is 2. The molecule has 1 aromatic rings. The smallest absolute Gasteiger partial charge is 0.201 e. The van der Waals surface area contributed by atoms with Gasteiger partial charge in [-0.25, -0.2) is 9.56 Å². The first kappa shape index (κ1) is 23.4. The van der Waals surface area contributed by atoms with Crippen molar-refractivity contribution >= 4 is 27.2 Å². The van der Waals surface area contributed by atoms with Gasteiger partial charge < -0.3 is 28.9 Å². The van der Waals surface area contributed by atoms with Crippen molar-refractivity contribution in [3.05, 3.63) is 40.7 Å². The lowest BCUT2D eigenvalue weighted by molar-refractivity contribution is -0.00000608. The van der Waals surface area contributed by atoms with E-state index in [0.717, 1.165) is 43.9 Å². The Morgan fingerprint density at radius 1 is 1.10 bits per heavy atom. The lowest BCUT2D eigenvalue weighted by atomic mass is 10.1. The van der Waals surface area contributed by atoms with Gasteiger partial charge in [-0.2, -0.15) is 0 Å². The third-order valence-corrected chi connectivity index (χ3v) is 7.16. The standard InChI is InChI=1S/C24H33N4S.HI/c1-6-7-8-27(5)19-13-17(2)23-21(15-19)29-22-16-20(14-18(3)24(22)25-23)28-11-9-26(4)10-12-28;/h13-16H,6-12H2,1-5H3;1H/q+1;/p-1. The van der Waals surface area contributed by atoms with Gasteiger partial charge in [-0.15, -0.1) is 11.3 Å². The third-order valence-electron chi connectivity index (χ3n) is 6.10. The second-order valence-corrected chi connectivity index (χ2v) is 9.58. The van der Waals surface area contributed by atoms with Crippen molar-refractivity contribution in [2.24, 2.45) is 0 Å². The Morgan fingerprint density at radius 3 is 2.53 bits per heavy atom. The highest BCUT2D eigenvalue weighted by molar-refractivity contribution is 7.21. The molecule has 0 unspecified atom stereocenters. The normalized spacial score (nSPS) is 14.9. The number of aryl methyl sites for hydroxylation is 2. The van der Waals surface area contributed by atoms with E-state index >= 15 is 0 Å². The summed E-state index contributed by atoms with van der Waals surface area (Å²) >= 11 is 1.89. The minimum Gasteiger partial charge on any atom is -1.00 e. The van der Waals surface area contributed by atoms with Gasteiger partial charge in [0.15, 0.2) is 13.1 Å². The van der Waals surface area contributed by atoms with E-state index in [9.17, 15) is 0 Å². The zero-order chi connectivity index (χ0) is 20.5. The van der Waals surface area contributed by atoms with Crippen LogP contribution in [0.5, 0.6) is 0 Å². The van der Waals surface area contributed by atoms with Gasteiger partial charge in [0.05, 0.1) is 33.9 Å². The summed E-state index contributed by atoms with van der Waals surface area (Å²) in [5.74, 6) is 0. The predicted octanol–water partition coefficient (Wildman–Crippen LogP) is 0.976. The molecule has 0 atom stereocenters. The molecule has 162 valence electrons. The molecule has 1 saturated heterocycles. The van der Waals surface area contributed by atoms with Crippen molar-refractivity contribution in [3.8, 4) is 10.6 Å². The summed E-state index contributed by atoms with van der Waals surface area (Å²) in [4.78, 5) is 11.2. The molecule has 1 fully saturated rings. The zero-order valence-corrected chi connectivity index (χ0v) is 21.8. The van der Waals surface area contributed by atoms with Crippen molar-refractivity contribution in [3.63, 3.8) is 0 Å². The number of benzene rings is 2. The van der Waals surface area contributed by atoms with Crippen LogP contribution in [0.3, 0.4) is 0 Å². The maximum atomic E-state index is 5.10. The topological polar surface area (TPSA) is 22.4 Å². The van der Waals surface area contributed by atoms with Crippen LogP contribution in [0.4, 0.5) is 5.69 Å². The number of halogens is 1. The molecule has 0 bridgehead atoms. The van der Waals surface area contributed by atoms with E-state index in [0.29, 0.717) is 0 Å². The van der Waals surface area contributed by atoms with Crippen molar-refractivity contribution in [1.29, 1.82) is 0 Å². The molecule has 4 rings (SSSR count). The number of unbranched alkanes of at least 4 members (excludes halogenated alkanes) is 1. The van der Waals surface area contributed by atoms with Crippen LogP contribution < -0.4 is 38.8 Å². The maximum absolute atomic E-state index is 5.10. The lowest BCUT2D eigenvalue weighted by Crippen LogP contribution is -3.00. The second-order valence-electron chi connectivity index (χ2n) is 8.50. The van der Waals surface area contributed by atoms with Crippen LogP contribution in [-0.4, -0.2) is 56.7 Å². The van der Waals surface area contributed by atoms with Gasteiger partial charge in [0.1, 0.15) is 0 Å². The van der Waals surface area contributed by atoms with Gasteiger partial charge in [0.25, 0.3) is 0 Å². The van der Waals surface area contributed by atoms with Crippen molar-refractivity contribution in [1.82, 2.24) is 14.5 Å². The molecule has 0 amide bonds. The van der Waals surface area contributed by atoms with Crippen molar-refractivity contribution in [2.45, 2.75) is 33.6 Å². The van der Waals surface area contributed by atoms with Gasteiger partial charge in [-0.05, 0) is 50.6 Å². The van der Waals surface area contributed by atoms with Crippen LogP contribution in [0.1, 0.15) is 30.9 Å². The number of rotatable bonds is 4. The Labute approximate surface area is 201 Å². The average Bonchev–Trinajstić information content (AvgIpc) is 2.71. The van der Waals surface area contributed by atoms with E-state index in [4.69, 9.17) is 4.98 Å². The fraction of sp³-hybridized carbons (Fsp3) is 0.500. The Hall–Kier alpha value is -1.25. The molecule has 4 nitrogen and oxygen atoms in total. The van der Waals surface area contributed by atoms with Crippen LogP contribution in [-0.2, 0) is 0 Å². The van der Waals surface area contributed by atoms with E-state index in [1.54, 1.807) is 0 Å². The molecule has 6 heteroatoms. The minimum absolute atomic E-state index is 0. The maximum Gasteiger partial charge on any atom is 0.201 e. The quantitative estimate of drug-likeness (QED) is 0.282. The lowest BCUT2D eigenvalue weighted by Gasteiger charge is -2.21. The molecule has 1 aromatic carbocycles. The SMILES string of the molecule is CCCCN(C)c1cc(C)c2nc3c(C)cc(=[N+]4CCN(C)CC4)cc-3sc2c1.[I-]. The number of nitrogens with zero attached hydrogens (tertiary/aromatic N) is 4. The van der Waals surface area contributed by atoms with Crippen LogP contribution in [0, 0.1) is 13.8 Å². The molecular weight excluding hydrogens is 503 g/mol. The van der Waals surface area contributed by atoms with Crippen LogP contribution in [0.2, 0.25) is 0 Å². The number of likely N-dealkylation sites (N-methyl/N-ethyl adjacent to an activating group) is 1. The highest BCUT2D eigenvalue weighted by Gasteiger charge is 2.19. The number of anilines is 1. The fourth-order valence-corrected chi connectivity index (χ4v) is 5.32. The zero-order valence-electron chi connectivity index (χ0n) is 18.8. The average molecular weight is 537 g/mol. The number of hydrogen-bond donors (Lipinski definition) is 0. The molecule has 0 N–H and O–H groups in total. The molecule has 3 aliphatic rings. The highest BCUT2D eigenvalue weighted by Crippen LogP contribution is 2.35. The first-order valence-electron chi connectivity index (χ1n) is 10.8. The van der Waals surface area contributed by atoms with Crippen molar-refractivity contribution in [2.75, 3.05) is 51.7 Å². The van der Waals surface area contributed by atoms with E-state index < -0.39 is 0 Å². The molecule has 2 heterocycles. The predicted molar refractivity (Wildman–Crippen MR) is 126 cm³/mol. The Bertz CT molecular complexity index is 1060. The number of aromatic nitrogens is 1. The van der Waals surface area contributed by atoms with Gasteiger partial charge in [0.2, 0.25) is 5.36 Å². The van der Waals surface area contributed by atoms with Crippen LogP contribution in [0.25, 0.3) is 20.8 Å². The van der Waals surface area contributed by atoms with E-state index in [2.05, 4.69) is 73.5 Å². The fourth-order valence-electron chi connectivity index (χ4n) is 4.12. The van der Waals surface area contributed by atoms with E-state index in [-0.39, 0.29) is 24.0 Å². The monoisotopic (exact) mass is 536 g/mol. The summed E-state index contributed by atoms with van der Waals surface area (Å²) < 4.78 is 3.80. The summed E-state index contributed by atoms with van der Waals surface area (Å²) in [5, 5.41) is 1.34. The van der Waals surface area contributed by atoms with Crippen molar-refractivity contribution < 1.29 is 24.0 Å². The summed E-state index contributed by atoms with van der Waals surface area (Å²) in [6.07, 6.45) is 2.45. The Balaban J connectivity index is 0.00000256. The first-order valence-corrected chi connectivity index (χ1v) is 11.6. The molecule has 0 aromatic heterocycles. The summed E-state index contributed by atoms with van der Waals surface area (Å²) in [7, 11) is 4.41. The largest absolute Gasteiger partial charge is 1.00 e. The summed E-state index contributed by atoms with van der Waals surface area (Å²) in [6.45, 7) is 12.2. The Morgan fingerprint density at radius 2 is 1.83 bits per heavy atom. The number of piperazine rings is 1. The molecule has 2 aliphatic heterocycles. The Kier molecular flexibility index (Phi) is 7.74. The summed E-state index contributed by atoms with van der Waals surface area (Å²) in [5.41, 5.74) is 6.13. The van der Waals surface area contributed by atoms with Gasteiger partial charge in [0, 0.05) is 31.4 Å². The van der Waals surface area contributed by atoms with Crippen LogP contribution in [0.15, 0.2) is 24.3 Å². The van der Waals surface area contributed by atoms with Gasteiger partial charge in [-0.3, -0.25) is 4.90 Å². The summed E-state index contributed by atoms with van der Waals surface area (Å²) in [6, 6.07) is 9.29. The second kappa shape index (κ2) is 9.92. The van der Waals surface area contributed by atoms with E-state index in [1.165, 1.54) is 44.6 Å². The molecule has 0 saturated carbocycles. The molecule has 1 aliphatic carbocycles. The van der Waals surface area contributed by atoms with E-state index in [1.807, 2.05) is 11.3 Å². The van der Waals surface area contributed by atoms with Crippen LogP contribution >= 0.6 is 11.3 Å². The third kappa shape index (κ3) is 4.81. The molecule has 0 spiro atoms. The first-order chi connectivity index (χ1) is 14.0. The van der Waals surface area contributed by atoms with Gasteiger partial charge in [-0.1, -0.05) is 13.3 Å². The number of hydrogen-bond acceptors (Lipinski definition) is 4. The molecule has 30 heavy (non-hydrogen) atoms. The highest BCUT2D eigenvalue weighted by atomic mass is 127. The minimum atomic E-state index is 0.